The molecular formula is C13H22N2O5S. The predicted molar refractivity (Wildman–Crippen MR) is 76.8 cm³/mol. The molecule has 0 aromatic carbocycles. The minimum Gasteiger partial charge on any atom is -0.481 e. The van der Waals surface area contributed by atoms with Crippen LogP contribution in [0.5, 0.6) is 0 Å². The summed E-state index contributed by atoms with van der Waals surface area (Å²) in [6.45, 7) is 2.80. The van der Waals surface area contributed by atoms with Gasteiger partial charge in [0, 0.05) is 19.5 Å². The lowest BCUT2D eigenvalue weighted by Gasteiger charge is -2.34. The molecule has 2 fully saturated rings. The summed E-state index contributed by atoms with van der Waals surface area (Å²) in [6.07, 6.45) is 1.94. The third-order valence-corrected chi connectivity index (χ3v) is 6.18. The topological polar surface area (TPSA) is 104 Å². The number of amides is 2. The van der Waals surface area contributed by atoms with Crippen LogP contribution in [0, 0.1) is 5.92 Å². The van der Waals surface area contributed by atoms with Gasteiger partial charge >= 0.3 is 12.0 Å². The van der Waals surface area contributed by atoms with E-state index in [0.717, 1.165) is 0 Å². The number of sulfone groups is 1. The van der Waals surface area contributed by atoms with Gasteiger partial charge in [-0.2, -0.15) is 0 Å². The maximum absolute atomic E-state index is 12.2. The number of urea groups is 1. The molecule has 2 aliphatic rings. The van der Waals surface area contributed by atoms with Gasteiger partial charge in [0.25, 0.3) is 0 Å². The first-order chi connectivity index (χ1) is 9.69. The molecular weight excluding hydrogens is 296 g/mol. The fourth-order valence-corrected chi connectivity index (χ4v) is 5.13. The quantitative estimate of drug-likeness (QED) is 0.787. The zero-order valence-electron chi connectivity index (χ0n) is 12.2. The number of carbonyl (C=O) groups is 2. The van der Waals surface area contributed by atoms with E-state index in [4.69, 9.17) is 5.11 Å². The van der Waals surface area contributed by atoms with E-state index in [0.29, 0.717) is 32.4 Å². The molecule has 8 heteroatoms. The third kappa shape index (κ3) is 4.33. The van der Waals surface area contributed by atoms with Crippen molar-refractivity contribution in [1.82, 2.24) is 10.2 Å². The average molecular weight is 318 g/mol. The molecule has 21 heavy (non-hydrogen) atoms. The zero-order chi connectivity index (χ0) is 15.7. The van der Waals surface area contributed by atoms with E-state index in [1.807, 2.05) is 0 Å². The SMILES string of the molecule is CC1(NC(=O)N2CCC(CC(=O)O)CC2)CCS(=O)(=O)C1. The molecule has 0 spiro atoms. The predicted octanol–water partition coefficient (Wildman–Crippen LogP) is 0.460. The van der Waals surface area contributed by atoms with Gasteiger partial charge in [0.15, 0.2) is 9.84 Å². The van der Waals surface area contributed by atoms with Crippen molar-refractivity contribution in [3.05, 3.63) is 0 Å². The van der Waals surface area contributed by atoms with Gasteiger partial charge in [-0.25, -0.2) is 13.2 Å². The maximum Gasteiger partial charge on any atom is 0.317 e. The molecule has 0 radical (unpaired) electrons. The lowest BCUT2D eigenvalue weighted by atomic mass is 9.94. The van der Waals surface area contributed by atoms with Crippen LogP contribution in [0.4, 0.5) is 4.79 Å². The van der Waals surface area contributed by atoms with E-state index in [2.05, 4.69) is 5.32 Å². The molecule has 2 N–H and O–H groups in total. The van der Waals surface area contributed by atoms with E-state index in [9.17, 15) is 18.0 Å². The van der Waals surface area contributed by atoms with Crippen molar-refractivity contribution in [1.29, 1.82) is 0 Å². The lowest BCUT2D eigenvalue weighted by Crippen LogP contribution is -2.54. The van der Waals surface area contributed by atoms with Gasteiger partial charge in [0.05, 0.1) is 17.0 Å². The third-order valence-electron chi connectivity index (χ3n) is 4.28. The van der Waals surface area contributed by atoms with Gasteiger partial charge in [-0.05, 0) is 32.1 Å². The number of carboxylic acid groups (broad SMARTS) is 1. The van der Waals surface area contributed by atoms with Crippen LogP contribution in [0.3, 0.4) is 0 Å². The molecule has 0 aliphatic carbocycles. The van der Waals surface area contributed by atoms with Crippen molar-refractivity contribution < 1.29 is 23.1 Å². The largest absolute Gasteiger partial charge is 0.481 e. The first-order valence-corrected chi connectivity index (χ1v) is 9.01. The first kappa shape index (κ1) is 16.1. The van der Waals surface area contributed by atoms with Gasteiger partial charge < -0.3 is 15.3 Å². The molecule has 7 nitrogen and oxygen atoms in total. The molecule has 0 aromatic rings. The summed E-state index contributed by atoms with van der Waals surface area (Å²) in [6, 6.07) is -0.247. The minimum absolute atomic E-state index is 0.0127. The van der Waals surface area contributed by atoms with Gasteiger partial charge in [-0.15, -0.1) is 0 Å². The molecule has 2 rings (SSSR count). The van der Waals surface area contributed by atoms with E-state index >= 15 is 0 Å². The highest BCUT2D eigenvalue weighted by Crippen LogP contribution is 2.24. The number of carboxylic acids is 1. The van der Waals surface area contributed by atoms with Crippen LogP contribution < -0.4 is 5.32 Å². The van der Waals surface area contributed by atoms with Crippen molar-refractivity contribution in [2.24, 2.45) is 5.92 Å². The van der Waals surface area contributed by atoms with Gasteiger partial charge in [0.1, 0.15) is 0 Å². The Balaban J connectivity index is 1.84. The Labute approximate surface area is 124 Å². The maximum atomic E-state index is 12.2. The number of hydrogen-bond donors (Lipinski definition) is 2. The molecule has 120 valence electrons. The Kier molecular flexibility index (Phi) is 4.46. The van der Waals surface area contributed by atoms with E-state index in [-0.39, 0.29) is 29.9 Å². The Morgan fingerprint density at radius 2 is 1.95 bits per heavy atom. The molecule has 0 bridgehead atoms. The highest BCUT2D eigenvalue weighted by Gasteiger charge is 2.40. The number of carbonyl (C=O) groups excluding carboxylic acids is 1. The van der Waals surface area contributed by atoms with E-state index < -0.39 is 21.3 Å². The van der Waals surface area contributed by atoms with Crippen molar-refractivity contribution in [2.45, 2.75) is 38.1 Å². The van der Waals surface area contributed by atoms with E-state index in [1.165, 1.54) is 0 Å². The molecule has 2 saturated heterocycles. The average Bonchev–Trinajstić information content (AvgIpc) is 2.63. The Hall–Kier alpha value is -1.31. The highest BCUT2D eigenvalue weighted by molar-refractivity contribution is 7.91. The number of likely N-dealkylation sites (tertiary alicyclic amines) is 1. The fraction of sp³-hybridized carbons (Fsp3) is 0.846. The van der Waals surface area contributed by atoms with Gasteiger partial charge in [-0.3, -0.25) is 4.79 Å². The number of piperidine rings is 1. The van der Waals surface area contributed by atoms with Gasteiger partial charge in [-0.1, -0.05) is 0 Å². The highest BCUT2D eigenvalue weighted by atomic mass is 32.2. The summed E-state index contributed by atoms with van der Waals surface area (Å²) in [5.41, 5.74) is -0.687. The first-order valence-electron chi connectivity index (χ1n) is 7.18. The summed E-state index contributed by atoms with van der Waals surface area (Å²) in [5, 5.41) is 11.6. The molecule has 0 saturated carbocycles. The van der Waals surface area contributed by atoms with Crippen LogP contribution >= 0.6 is 0 Å². The second-order valence-electron chi connectivity index (χ2n) is 6.36. The monoisotopic (exact) mass is 318 g/mol. The van der Waals surface area contributed by atoms with Crippen molar-refractivity contribution in [2.75, 3.05) is 24.6 Å². The Bertz CT molecular complexity index is 525. The van der Waals surface area contributed by atoms with Gasteiger partial charge in [0.2, 0.25) is 0 Å². The number of rotatable bonds is 3. The second-order valence-corrected chi connectivity index (χ2v) is 8.55. The number of nitrogens with zero attached hydrogens (tertiary/aromatic N) is 1. The van der Waals surface area contributed by atoms with Crippen LogP contribution in [0.2, 0.25) is 0 Å². The Morgan fingerprint density at radius 1 is 1.33 bits per heavy atom. The van der Waals surface area contributed by atoms with Crippen molar-refractivity contribution >= 4 is 21.8 Å². The summed E-state index contributed by atoms with van der Waals surface area (Å²) in [4.78, 5) is 24.5. The molecule has 2 aliphatic heterocycles. The van der Waals surface area contributed by atoms with Crippen LogP contribution in [0.25, 0.3) is 0 Å². The summed E-state index contributed by atoms with van der Waals surface area (Å²) in [5.74, 6) is -0.582. The van der Waals surface area contributed by atoms with Crippen LogP contribution in [-0.4, -0.2) is 60.6 Å². The Morgan fingerprint density at radius 3 is 2.43 bits per heavy atom. The van der Waals surface area contributed by atoms with Crippen LogP contribution in [0.1, 0.15) is 32.6 Å². The summed E-state index contributed by atoms with van der Waals surface area (Å²) < 4.78 is 23.1. The van der Waals surface area contributed by atoms with Crippen molar-refractivity contribution in [3.63, 3.8) is 0 Å². The van der Waals surface area contributed by atoms with Crippen molar-refractivity contribution in [3.8, 4) is 0 Å². The summed E-state index contributed by atoms with van der Waals surface area (Å²) in [7, 11) is -3.05. The molecule has 1 unspecified atom stereocenters. The molecule has 2 heterocycles. The minimum atomic E-state index is -3.05. The fourth-order valence-electron chi connectivity index (χ4n) is 3.03. The summed E-state index contributed by atoms with van der Waals surface area (Å²) >= 11 is 0. The number of hydrogen-bond acceptors (Lipinski definition) is 4. The van der Waals surface area contributed by atoms with Crippen LogP contribution in [0.15, 0.2) is 0 Å². The molecule has 1 atom stereocenters. The smallest absolute Gasteiger partial charge is 0.317 e. The van der Waals surface area contributed by atoms with E-state index in [1.54, 1.807) is 11.8 Å². The standard InChI is InChI=1S/C13H22N2O5S/c1-13(4-7-21(19,20)9-13)14-12(18)15-5-2-10(3-6-15)8-11(16)17/h10H,2-9H2,1H3,(H,14,18)(H,16,17). The second kappa shape index (κ2) is 5.82. The molecule has 2 amide bonds. The number of aliphatic carboxylic acids is 1. The molecule has 0 aromatic heterocycles. The zero-order valence-corrected chi connectivity index (χ0v) is 13.0. The van der Waals surface area contributed by atoms with Crippen LogP contribution in [-0.2, 0) is 14.6 Å². The lowest BCUT2D eigenvalue weighted by molar-refractivity contribution is -0.138. The normalized spacial score (nSPS) is 29.3. The number of nitrogens with one attached hydrogen (secondary N) is 1.